The monoisotopic (exact) mass is 247 g/mol. The first kappa shape index (κ1) is 13.1. The van der Waals surface area contributed by atoms with Crippen LogP contribution in [-0.4, -0.2) is 29.6 Å². The van der Waals surface area contributed by atoms with Crippen LogP contribution in [0.15, 0.2) is 24.3 Å². The molecular weight excluding hydrogens is 226 g/mol. The summed E-state index contributed by atoms with van der Waals surface area (Å²) in [4.78, 5) is 13.4. The molecule has 1 aromatic rings. The SMILES string of the molecule is CN(Cc1ccccc1C(=O)O)CC1CCCC1. The molecule has 0 bridgehead atoms. The van der Waals surface area contributed by atoms with Gasteiger partial charge in [-0.1, -0.05) is 31.0 Å². The number of hydrogen-bond acceptors (Lipinski definition) is 2. The van der Waals surface area contributed by atoms with Crippen LogP contribution in [-0.2, 0) is 6.54 Å². The average molecular weight is 247 g/mol. The lowest BCUT2D eigenvalue weighted by molar-refractivity contribution is 0.0694. The van der Waals surface area contributed by atoms with Gasteiger partial charge in [0.05, 0.1) is 5.56 Å². The lowest BCUT2D eigenvalue weighted by Gasteiger charge is -2.21. The van der Waals surface area contributed by atoms with Gasteiger partial charge in [-0.25, -0.2) is 4.79 Å². The van der Waals surface area contributed by atoms with Crippen molar-refractivity contribution in [1.29, 1.82) is 0 Å². The zero-order chi connectivity index (χ0) is 13.0. The Labute approximate surface area is 108 Å². The molecule has 0 unspecified atom stereocenters. The smallest absolute Gasteiger partial charge is 0.336 e. The summed E-state index contributed by atoms with van der Waals surface area (Å²) in [5.74, 6) is -0.0353. The van der Waals surface area contributed by atoms with E-state index >= 15 is 0 Å². The maximum Gasteiger partial charge on any atom is 0.336 e. The number of benzene rings is 1. The molecule has 1 N–H and O–H groups in total. The van der Waals surface area contributed by atoms with Gasteiger partial charge >= 0.3 is 5.97 Å². The van der Waals surface area contributed by atoms with Crippen molar-refractivity contribution in [2.75, 3.05) is 13.6 Å². The molecule has 1 fully saturated rings. The molecular formula is C15H21NO2. The summed E-state index contributed by atoms with van der Waals surface area (Å²) < 4.78 is 0. The lowest BCUT2D eigenvalue weighted by Crippen LogP contribution is -2.25. The van der Waals surface area contributed by atoms with Crippen molar-refractivity contribution in [3.05, 3.63) is 35.4 Å². The van der Waals surface area contributed by atoms with E-state index in [1.54, 1.807) is 12.1 Å². The van der Waals surface area contributed by atoms with E-state index in [0.717, 1.165) is 24.6 Å². The molecule has 1 aliphatic rings. The Kier molecular flexibility index (Phi) is 4.37. The fourth-order valence-corrected chi connectivity index (χ4v) is 2.86. The number of aromatic carboxylic acids is 1. The molecule has 0 spiro atoms. The molecule has 0 heterocycles. The standard InChI is InChI=1S/C15H21NO2/c1-16(10-12-6-2-3-7-12)11-13-8-4-5-9-14(13)15(17)18/h4-5,8-9,12H,2-3,6-7,10-11H2,1H3,(H,17,18). The summed E-state index contributed by atoms with van der Waals surface area (Å²) in [6.45, 7) is 1.80. The number of rotatable bonds is 5. The van der Waals surface area contributed by atoms with Crippen LogP contribution in [0.5, 0.6) is 0 Å². The van der Waals surface area contributed by atoms with E-state index in [0.29, 0.717) is 5.56 Å². The third kappa shape index (κ3) is 3.33. The predicted molar refractivity (Wildman–Crippen MR) is 71.7 cm³/mol. The van der Waals surface area contributed by atoms with Crippen molar-refractivity contribution >= 4 is 5.97 Å². The Morgan fingerprint density at radius 3 is 2.67 bits per heavy atom. The van der Waals surface area contributed by atoms with Crippen LogP contribution in [0.3, 0.4) is 0 Å². The molecule has 1 saturated carbocycles. The molecule has 3 heteroatoms. The first-order valence-corrected chi connectivity index (χ1v) is 6.66. The van der Waals surface area contributed by atoms with E-state index in [1.807, 2.05) is 12.1 Å². The van der Waals surface area contributed by atoms with Gasteiger partial charge in [0.2, 0.25) is 0 Å². The highest BCUT2D eigenvalue weighted by Crippen LogP contribution is 2.25. The largest absolute Gasteiger partial charge is 0.478 e. The Balaban J connectivity index is 1.97. The molecule has 98 valence electrons. The summed E-state index contributed by atoms with van der Waals surface area (Å²) in [6.07, 6.45) is 5.35. The third-order valence-electron chi connectivity index (χ3n) is 3.73. The summed E-state index contributed by atoms with van der Waals surface area (Å²) in [5, 5.41) is 9.14. The summed E-state index contributed by atoms with van der Waals surface area (Å²) in [6, 6.07) is 7.28. The summed E-state index contributed by atoms with van der Waals surface area (Å²) in [5.41, 5.74) is 1.33. The number of carboxylic acid groups (broad SMARTS) is 1. The topological polar surface area (TPSA) is 40.5 Å². The van der Waals surface area contributed by atoms with E-state index in [9.17, 15) is 4.79 Å². The van der Waals surface area contributed by atoms with Crippen LogP contribution in [0.4, 0.5) is 0 Å². The second kappa shape index (κ2) is 6.01. The molecule has 2 rings (SSSR count). The quantitative estimate of drug-likeness (QED) is 0.869. The van der Waals surface area contributed by atoms with Crippen molar-refractivity contribution in [3.63, 3.8) is 0 Å². The normalized spacial score (nSPS) is 16.3. The van der Waals surface area contributed by atoms with Gasteiger partial charge in [0.25, 0.3) is 0 Å². The highest BCUT2D eigenvalue weighted by molar-refractivity contribution is 5.89. The van der Waals surface area contributed by atoms with Gasteiger partial charge in [0, 0.05) is 13.1 Å². The van der Waals surface area contributed by atoms with E-state index in [2.05, 4.69) is 11.9 Å². The molecule has 1 aromatic carbocycles. The van der Waals surface area contributed by atoms with E-state index in [-0.39, 0.29) is 0 Å². The number of hydrogen-bond donors (Lipinski definition) is 1. The predicted octanol–water partition coefficient (Wildman–Crippen LogP) is 3.01. The van der Waals surface area contributed by atoms with Crippen molar-refractivity contribution in [2.24, 2.45) is 5.92 Å². The van der Waals surface area contributed by atoms with Crippen LogP contribution in [0.25, 0.3) is 0 Å². The maximum absolute atomic E-state index is 11.1. The molecule has 0 radical (unpaired) electrons. The zero-order valence-electron chi connectivity index (χ0n) is 10.9. The molecule has 3 nitrogen and oxygen atoms in total. The third-order valence-corrected chi connectivity index (χ3v) is 3.73. The van der Waals surface area contributed by atoms with Gasteiger partial charge in [-0.3, -0.25) is 0 Å². The van der Waals surface area contributed by atoms with Crippen molar-refractivity contribution in [2.45, 2.75) is 32.2 Å². The molecule has 0 aliphatic heterocycles. The average Bonchev–Trinajstić information content (AvgIpc) is 2.82. The van der Waals surface area contributed by atoms with Crippen LogP contribution in [0, 0.1) is 5.92 Å². The Morgan fingerprint density at radius 2 is 2.00 bits per heavy atom. The first-order valence-electron chi connectivity index (χ1n) is 6.66. The molecule has 0 atom stereocenters. The van der Waals surface area contributed by atoms with Gasteiger partial charge in [-0.15, -0.1) is 0 Å². The van der Waals surface area contributed by atoms with Gasteiger partial charge in [-0.05, 0) is 37.4 Å². The van der Waals surface area contributed by atoms with E-state index in [4.69, 9.17) is 5.11 Å². The molecule has 18 heavy (non-hydrogen) atoms. The molecule has 1 aliphatic carbocycles. The fourth-order valence-electron chi connectivity index (χ4n) is 2.86. The van der Waals surface area contributed by atoms with Crippen LogP contribution in [0.1, 0.15) is 41.6 Å². The van der Waals surface area contributed by atoms with E-state index in [1.165, 1.54) is 25.7 Å². The van der Waals surface area contributed by atoms with Gasteiger partial charge in [0.1, 0.15) is 0 Å². The Bertz CT molecular complexity index is 411. The van der Waals surface area contributed by atoms with Gasteiger partial charge in [0.15, 0.2) is 0 Å². The van der Waals surface area contributed by atoms with Gasteiger partial charge in [-0.2, -0.15) is 0 Å². The van der Waals surface area contributed by atoms with Crippen molar-refractivity contribution in [1.82, 2.24) is 4.90 Å². The Hall–Kier alpha value is -1.35. The minimum absolute atomic E-state index is 0.427. The first-order chi connectivity index (χ1) is 8.66. The molecule has 0 saturated heterocycles. The second-order valence-electron chi connectivity index (χ2n) is 5.31. The maximum atomic E-state index is 11.1. The second-order valence-corrected chi connectivity index (χ2v) is 5.31. The number of carboxylic acids is 1. The lowest BCUT2D eigenvalue weighted by atomic mass is 10.1. The number of nitrogens with zero attached hydrogens (tertiary/aromatic N) is 1. The van der Waals surface area contributed by atoms with Crippen LogP contribution < -0.4 is 0 Å². The highest BCUT2D eigenvalue weighted by Gasteiger charge is 2.18. The summed E-state index contributed by atoms with van der Waals surface area (Å²) in [7, 11) is 2.08. The number of carbonyl (C=O) groups is 1. The molecule has 0 amide bonds. The van der Waals surface area contributed by atoms with Gasteiger partial charge < -0.3 is 10.0 Å². The van der Waals surface area contributed by atoms with Crippen molar-refractivity contribution < 1.29 is 9.90 Å². The van der Waals surface area contributed by atoms with Crippen LogP contribution in [0.2, 0.25) is 0 Å². The minimum atomic E-state index is -0.833. The fraction of sp³-hybridized carbons (Fsp3) is 0.533. The highest BCUT2D eigenvalue weighted by atomic mass is 16.4. The summed E-state index contributed by atoms with van der Waals surface area (Å²) >= 11 is 0. The van der Waals surface area contributed by atoms with E-state index < -0.39 is 5.97 Å². The van der Waals surface area contributed by atoms with Crippen molar-refractivity contribution in [3.8, 4) is 0 Å². The minimum Gasteiger partial charge on any atom is -0.478 e. The zero-order valence-corrected chi connectivity index (χ0v) is 10.9. The Morgan fingerprint density at radius 1 is 1.33 bits per heavy atom. The molecule has 0 aromatic heterocycles. The van der Waals surface area contributed by atoms with Crippen LogP contribution >= 0.6 is 0 Å².